The van der Waals surface area contributed by atoms with Gasteiger partial charge in [0.15, 0.2) is 0 Å². The Hall–Kier alpha value is -0.340. The van der Waals surface area contributed by atoms with Gasteiger partial charge in [-0.25, -0.2) is 0 Å². The van der Waals surface area contributed by atoms with Gasteiger partial charge in [-0.05, 0) is 24.2 Å². The summed E-state index contributed by atoms with van der Waals surface area (Å²) in [6.45, 7) is 2.38. The van der Waals surface area contributed by atoms with Gasteiger partial charge in [0.1, 0.15) is 0 Å². The first-order valence-electron chi connectivity index (χ1n) is 4.09. The Balaban J connectivity index is 2.67. The van der Waals surface area contributed by atoms with Crippen molar-refractivity contribution in [2.45, 2.75) is 19.8 Å². The second-order valence-corrected chi connectivity index (χ2v) is 3.60. The van der Waals surface area contributed by atoms with Crippen molar-refractivity contribution in [1.82, 2.24) is 0 Å². The molecule has 2 N–H and O–H groups in total. The molecule has 1 rings (SSSR count). The van der Waals surface area contributed by atoms with Crippen molar-refractivity contribution in [2.75, 3.05) is 13.2 Å². The fourth-order valence-corrected chi connectivity index (χ4v) is 1.55. The zero-order valence-corrected chi connectivity index (χ0v) is 6.95. The summed E-state index contributed by atoms with van der Waals surface area (Å²) in [5.41, 5.74) is -0.0938. The van der Waals surface area contributed by atoms with E-state index in [9.17, 15) is 0 Å². The van der Waals surface area contributed by atoms with Crippen LogP contribution in [0.25, 0.3) is 0 Å². The molecule has 0 radical (unpaired) electrons. The SMILES string of the molecule is CC1(CO)CC=CCC1CO. The first-order chi connectivity index (χ1) is 5.23. The first kappa shape index (κ1) is 8.75. The molecule has 0 aromatic rings. The largest absolute Gasteiger partial charge is 0.396 e. The summed E-state index contributed by atoms with van der Waals surface area (Å²) in [6.07, 6.45) is 5.95. The van der Waals surface area contributed by atoms with Crippen LogP contribution < -0.4 is 0 Å². The molecule has 0 saturated heterocycles. The summed E-state index contributed by atoms with van der Waals surface area (Å²) in [5.74, 6) is 0.234. The Morgan fingerprint density at radius 1 is 1.45 bits per heavy atom. The third-order valence-electron chi connectivity index (χ3n) is 2.74. The Morgan fingerprint density at radius 2 is 2.18 bits per heavy atom. The minimum Gasteiger partial charge on any atom is -0.396 e. The molecule has 11 heavy (non-hydrogen) atoms. The summed E-state index contributed by atoms with van der Waals surface area (Å²) in [4.78, 5) is 0. The molecule has 0 amide bonds. The summed E-state index contributed by atoms with van der Waals surface area (Å²) >= 11 is 0. The van der Waals surface area contributed by atoms with Gasteiger partial charge in [-0.3, -0.25) is 0 Å². The predicted octanol–water partition coefficient (Wildman–Crippen LogP) is 0.944. The van der Waals surface area contributed by atoms with Crippen LogP contribution in [0.2, 0.25) is 0 Å². The van der Waals surface area contributed by atoms with Crippen molar-refractivity contribution in [1.29, 1.82) is 0 Å². The minimum atomic E-state index is -0.0938. The zero-order valence-electron chi connectivity index (χ0n) is 6.95. The molecular weight excluding hydrogens is 140 g/mol. The molecule has 0 spiro atoms. The Kier molecular flexibility index (Phi) is 2.68. The molecule has 0 heterocycles. The summed E-state index contributed by atoms with van der Waals surface area (Å²) < 4.78 is 0. The van der Waals surface area contributed by atoms with Gasteiger partial charge in [0.2, 0.25) is 0 Å². The highest BCUT2D eigenvalue weighted by Crippen LogP contribution is 2.36. The fourth-order valence-electron chi connectivity index (χ4n) is 1.55. The monoisotopic (exact) mass is 156 g/mol. The number of hydrogen-bond donors (Lipinski definition) is 2. The molecule has 2 unspecified atom stereocenters. The van der Waals surface area contributed by atoms with E-state index in [1.54, 1.807) is 0 Å². The second-order valence-electron chi connectivity index (χ2n) is 3.60. The maximum atomic E-state index is 9.11. The number of aliphatic hydroxyl groups excluding tert-OH is 2. The molecule has 2 nitrogen and oxygen atoms in total. The van der Waals surface area contributed by atoms with Crippen LogP contribution in [0.5, 0.6) is 0 Å². The minimum absolute atomic E-state index is 0.0938. The van der Waals surface area contributed by atoms with Gasteiger partial charge in [-0.1, -0.05) is 19.1 Å². The van der Waals surface area contributed by atoms with Gasteiger partial charge in [-0.15, -0.1) is 0 Å². The van der Waals surface area contributed by atoms with Crippen molar-refractivity contribution < 1.29 is 10.2 Å². The molecule has 0 bridgehead atoms. The lowest BCUT2D eigenvalue weighted by Gasteiger charge is -2.36. The van der Waals surface area contributed by atoms with Crippen molar-refractivity contribution in [3.05, 3.63) is 12.2 Å². The van der Waals surface area contributed by atoms with Crippen LogP contribution in [0.3, 0.4) is 0 Å². The van der Waals surface area contributed by atoms with Gasteiger partial charge in [0.25, 0.3) is 0 Å². The molecule has 0 aliphatic heterocycles. The smallest absolute Gasteiger partial charge is 0.0491 e. The Labute approximate surface area is 67.6 Å². The molecule has 0 saturated carbocycles. The average Bonchev–Trinajstić information content (AvgIpc) is 2.05. The lowest BCUT2D eigenvalue weighted by atomic mass is 9.71. The highest BCUT2D eigenvalue weighted by atomic mass is 16.3. The number of allylic oxidation sites excluding steroid dienone is 2. The standard InChI is InChI=1S/C9H16O2/c1-9(7-11)5-3-2-4-8(9)6-10/h2-3,8,10-11H,4-7H2,1H3. The predicted molar refractivity (Wildman–Crippen MR) is 44.1 cm³/mol. The number of aliphatic hydroxyl groups is 2. The van der Waals surface area contributed by atoms with Crippen LogP contribution >= 0.6 is 0 Å². The van der Waals surface area contributed by atoms with E-state index in [1.165, 1.54) is 0 Å². The molecule has 2 atom stereocenters. The molecule has 0 aromatic carbocycles. The van der Waals surface area contributed by atoms with Gasteiger partial charge < -0.3 is 10.2 Å². The first-order valence-corrected chi connectivity index (χ1v) is 4.09. The van der Waals surface area contributed by atoms with Crippen LogP contribution in [0.15, 0.2) is 12.2 Å². The lowest BCUT2D eigenvalue weighted by Crippen LogP contribution is -2.34. The third kappa shape index (κ3) is 1.63. The van der Waals surface area contributed by atoms with Crippen LogP contribution in [-0.2, 0) is 0 Å². The summed E-state index contributed by atoms with van der Waals surface area (Å²) in [7, 11) is 0. The van der Waals surface area contributed by atoms with E-state index in [0.717, 1.165) is 12.8 Å². The van der Waals surface area contributed by atoms with Crippen molar-refractivity contribution in [2.24, 2.45) is 11.3 Å². The van der Waals surface area contributed by atoms with E-state index in [2.05, 4.69) is 12.2 Å². The highest BCUT2D eigenvalue weighted by molar-refractivity contribution is 5.00. The van der Waals surface area contributed by atoms with E-state index in [1.807, 2.05) is 6.92 Å². The van der Waals surface area contributed by atoms with E-state index in [0.29, 0.717) is 0 Å². The van der Waals surface area contributed by atoms with Crippen LogP contribution in [0, 0.1) is 11.3 Å². The highest BCUT2D eigenvalue weighted by Gasteiger charge is 2.33. The summed E-state index contributed by atoms with van der Waals surface area (Å²) in [5, 5.41) is 18.1. The summed E-state index contributed by atoms with van der Waals surface area (Å²) in [6, 6.07) is 0. The Morgan fingerprint density at radius 3 is 2.64 bits per heavy atom. The molecule has 0 aromatic heterocycles. The maximum Gasteiger partial charge on any atom is 0.0491 e. The molecular formula is C9H16O2. The topological polar surface area (TPSA) is 40.5 Å². The molecule has 2 heteroatoms. The van der Waals surface area contributed by atoms with Crippen LogP contribution in [-0.4, -0.2) is 23.4 Å². The molecule has 1 aliphatic rings. The van der Waals surface area contributed by atoms with Crippen LogP contribution in [0.1, 0.15) is 19.8 Å². The quantitative estimate of drug-likeness (QED) is 0.584. The normalized spacial score (nSPS) is 37.5. The van der Waals surface area contributed by atoms with Gasteiger partial charge >= 0.3 is 0 Å². The van der Waals surface area contributed by atoms with Gasteiger partial charge in [0.05, 0.1) is 0 Å². The van der Waals surface area contributed by atoms with Gasteiger partial charge in [0, 0.05) is 13.2 Å². The van der Waals surface area contributed by atoms with Gasteiger partial charge in [-0.2, -0.15) is 0 Å². The molecule has 64 valence electrons. The average molecular weight is 156 g/mol. The number of hydrogen-bond acceptors (Lipinski definition) is 2. The Bertz CT molecular complexity index is 154. The van der Waals surface area contributed by atoms with E-state index in [4.69, 9.17) is 10.2 Å². The van der Waals surface area contributed by atoms with Crippen molar-refractivity contribution >= 4 is 0 Å². The second kappa shape index (κ2) is 3.37. The number of rotatable bonds is 2. The third-order valence-corrected chi connectivity index (χ3v) is 2.74. The molecule has 1 aliphatic carbocycles. The van der Waals surface area contributed by atoms with E-state index in [-0.39, 0.29) is 24.5 Å². The van der Waals surface area contributed by atoms with Crippen molar-refractivity contribution in [3.63, 3.8) is 0 Å². The maximum absolute atomic E-state index is 9.11. The zero-order chi connectivity index (χ0) is 8.32. The van der Waals surface area contributed by atoms with Crippen LogP contribution in [0.4, 0.5) is 0 Å². The lowest BCUT2D eigenvalue weighted by molar-refractivity contribution is 0.0403. The van der Waals surface area contributed by atoms with E-state index < -0.39 is 0 Å². The van der Waals surface area contributed by atoms with E-state index >= 15 is 0 Å². The fraction of sp³-hybridized carbons (Fsp3) is 0.778. The molecule has 0 fully saturated rings. The van der Waals surface area contributed by atoms with Crippen molar-refractivity contribution in [3.8, 4) is 0 Å².